The molecule has 0 aromatic carbocycles. The largest absolute Gasteiger partial charge is 0.383 e. The summed E-state index contributed by atoms with van der Waals surface area (Å²) < 4.78 is 6.71. The van der Waals surface area contributed by atoms with E-state index >= 15 is 0 Å². The molecule has 2 rings (SSSR count). The van der Waals surface area contributed by atoms with Crippen LogP contribution in [0.25, 0.3) is 0 Å². The highest BCUT2D eigenvalue weighted by molar-refractivity contribution is 5.41. The Hall–Kier alpha value is -1.29. The van der Waals surface area contributed by atoms with Crippen LogP contribution in [0.2, 0.25) is 0 Å². The van der Waals surface area contributed by atoms with Gasteiger partial charge in [-0.15, -0.1) is 0 Å². The number of nitrogens with one attached hydrogen (secondary N) is 1. The molecule has 1 aliphatic rings. The van der Waals surface area contributed by atoms with Gasteiger partial charge in [-0.05, 0) is 25.3 Å². The summed E-state index contributed by atoms with van der Waals surface area (Å²) in [5.74, 6) is 0.891. The van der Waals surface area contributed by atoms with E-state index in [9.17, 15) is 4.79 Å². The molecule has 1 atom stereocenters. The van der Waals surface area contributed by atoms with Crippen LogP contribution in [0.3, 0.4) is 0 Å². The number of aromatic nitrogens is 1. The molecule has 1 aromatic heterocycles. The third kappa shape index (κ3) is 4.10. The second kappa shape index (κ2) is 6.75. The number of ether oxygens (including phenoxy) is 1. The third-order valence-corrected chi connectivity index (χ3v) is 3.84. The lowest BCUT2D eigenvalue weighted by Gasteiger charge is -2.29. The van der Waals surface area contributed by atoms with Gasteiger partial charge in [0.05, 0.1) is 12.3 Å². The summed E-state index contributed by atoms with van der Waals surface area (Å²) >= 11 is 0. The average Bonchev–Trinajstić information content (AvgIpc) is 2.34. The van der Waals surface area contributed by atoms with Gasteiger partial charge >= 0.3 is 0 Å². The monoisotopic (exact) mass is 264 g/mol. The van der Waals surface area contributed by atoms with Crippen LogP contribution < -0.4 is 10.9 Å². The Morgan fingerprint density at radius 1 is 1.47 bits per heavy atom. The van der Waals surface area contributed by atoms with Crippen LogP contribution in [0, 0.1) is 5.92 Å². The molecule has 0 amide bonds. The minimum Gasteiger partial charge on any atom is -0.383 e. The Labute approximate surface area is 114 Å². The Balaban J connectivity index is 1.93. The first-order chi connectivity index (χ1) is 9.19. The molecule has 0 spiro atoms. The number of hydrogen-bond donors (Lipinski definition) is 1. The minimum absolute atomic E-state index is 0.0224. The summed E-state index contributed by atoms with van der Waals surface area (Å²) in [6, 6.07) is 3.94. The summed E-state index contributed by atoms with van der Waals surface area (Å²) in [6.07, 6.45) is 7.24. The number of pyridine rings is 1. The highest BCUT2D eigenvalue weighted by Gasteiger charge is 2.19. The maximum atomic E-state index is 11.7. The predicted molar refractivity (Wildman–Crippen MR) is 77.6 cm³/mol. The molecule has 0 radical (unpaired) electrons. The quantitative estimate of drug-likeness (QED) is 0.823. The number of rotatable bonds is 7. The molecule has 1 saturated carbocycles. The van der Waals surface area contributed by atoms with Gasteiger partial charge in [-0.1, -0.05) is 19.3 Å². The van der Waals surface area contributed by atoms with Crippen LogP contribution in [-0.4, -0.2) is 24.3 Å². The maximum absolute atomic E-state index is 11.7. The number of methoxy groups -OCH3 is 1. The fourth-order valence-corrected chi connectivity index (χ4v) is 2.55. The molecule has 19 heavy (non-hydrogen) atoms. The van der Waals surface area contributed by atoms with Gasteiger partial charge in [-0.25, -0.2) is 0 Å². The first kappa shape index (κ1) is 14.1. The first-order valence-corrected chi connectivity index (χ1v) is 7.15. The molecule has 1 aromatic rings. The molecule has 1 unspecified atom stereocenters. The van der Waals surface area contributed by atoms with E-state index in [1.54, 1.807) is 17.7 Å². The van der Waals surface area contributed by atoms with Gasteiger partial charge in [0.25, 0.3) is 5.56 Å². The molecule has 0 saturated heterocycles. The van der Waals surface area contributed by atoms with E-state index in [2.05, 4.69) is 12.2 Å². The maximum Gasteiger partial charge on any atom is 0.250 e. The van der Waals surface area contributed by atoms with Crippen molar-refractivity contribution in [3.8, 4) is 0 Å². The third-order valence-electron chi connectivity index (χ3n) is 3.84. The molecule has 4 nitrogen and oxygen atoms in total. The van der Waals surface area contributed by atoms with Gasteiger partial charge in [0, 0.05) is 32.0 Å². The number of anilines is 1. The second-order valence-electron chi connectivity index (χ2n) is 5.52. The highest BCUT2D eigenvalue weighted by atomic mass is 16.5. The normalized spacial score (nSPS) is 16.9. The van der Waals surface area contributed by atoms with Gasteiger partial charge in [0.2, 0.25) is 0 Å². The summed E-state index contributed by atoms with van der Waals surface area (Å²) in [5.41, 5.74) is 1.04. The van der Waals surface area contributed by atoms with Crippen molar-refractivity contribution in [2.45, 2.75) is 45.2 Å². The van der Waals surface area contributed by atoms with E-state index in [4.69, 9.17) is 4.74 Å². The van der Waals surface area contributed by atoms with Gasteiger partial charge in [0.1, 0.15) is 0 Å². The first-order valence-electron chi connectivity index (χ1n) is 7.15. The standard InChI is InChI=1S/C15H24N2O2/c1-12(10-13-4-3-5-13)16-14-6-7-15(18)17(11-14)8-9-19-2/h6-7,11-13,16H,3-5,8-10H2,1-2H3. The van der Waals surface area contributed by atoms with Crippen molar-refractivity contribution >= 4 is 5.69 Å². The second-order valence-corrected chi connectivity index (χ2v) is 5.52. The molecular formula is C15H24N2O2. The lowest BCUT2D eigenvalue weighted by Crippen LogP contribution is -2.25. The Morgan fingerprint density at radius 2 is 2.26 bits per heavy atom. The van der Waals surface area contributed by atoms with Gasteiger partial charge < -0.3 is 14.6 Å². The molecule has 0 bridgehead atoms. The lowest BCUT2D eigenvalue weighted by molar-refractivity contribution is 0.186. The Kier molecular flexibility index (Phi) is 5.02. The van der Waals surface area contributed by atoms with Crippen molar-refractivity contribution in [2.75, 3.05) is 19.0 Å². The van der Waals surface area contributed by atoms with Crippen LogP contribution in [0.5, 0.6) is 0 Å². The van der Waals surface area contributed by atoms with E-state index in [-0.39, 0.29) is 5.56 Å². The average molecular weight is 264 g/mol. The van der Waals surface area contributed by atoms with Gasteiger partial charge in [0.15, 0.2) is 0 Å². The van der Waals surface area contributed by atoms with Gasteiger partial charge in [-0.2, -0.15) is 0 Å². The van der Waals surface area contributed by atoms with Crippen molar-refractivity contribution in [2.24, 2.45) is 5.92 Å². The fraction of sp³-hybridized carbons (Fsp3) is 0.667. The van der Waals surface area contributed by atoms with Crippen LogP contribution in [0.15, 0.2) is 23.1 Å². The van der Waals surface area contributed by atoms with Crippen molar-refractivity contribution in [3.63, 3.8) is 0 Å². The Bertz CT molecular complexity index is 452. The molecule has 106 valence electrons. The summed E-state index contributed by atoms with van der Waals surface area (Å²) in [6.45, 7) is 3.37. The van der Waals surface area contributed by atoms with Crippen molar-refractivity contribution in [3.05, 3.63) is 28.7 Å². The highest BCUT2D eigenvalue weighted by Crippen LogP contribution is 2.30. The van der Waals surface area contributed by atoms with Crippen molar-refractivity contribution in [1.82, 2.24) is 4.57 Å². The minimum atomic E-state index is 0.0224. The van der Waals surface area contributed by atoms with Crippen LogP contribution in [-0.2, 0) is 11.3 Å². The lowest BCUT2D eigenvalue weighted by atomic mass is 9.81. The molecule has 1 fully saturated rings. The zero-order chi connectivity index (χ0) is 13.7. The van der Waals surface area contributed by atoms with E-state index in [1.807, 2.05) is 12.3 Å². The SMILES string of the molecule is COCCn1cc(NC(C)CC2CCC2)ccc1=O. The zero-order valence-electron chi connectivity index (χ0n) is 11.9. The van der Waals surface area contributed by atoms with Gasteiger partial charge in [-0.3, -0.25) is 4.79 Å². The van der Waals surface area contributed by atoms with E-state index in [1.165, 1.54) is 25.7 Å². The van der Waals surface area contributed by atoms with E-state index in [0.29, 0.717) is 19.2 Å². The van der Waals surface area contributed by atoms with E-state index < -0.39 is 0 Å². The smallest absolute Gasteiger partial charge is 0.250 e. The number of nitrogens with zero attached hydrogens (tertiary/aromatic N) is 1. The number of hydrogen-bond acceptors (Lipinski definition) is 3. The van der Waals surface area contributed by atoms with E-state index in [0.717, 1.165) is 11.6 Å². The molecule has 1 heterocycles. The molecular weight excluding hydrogens is 240 g/mol. The van der Waals surface area contributed by atoms with Crippen LogP contribution >= 0.6 is 0 Å². The van der Waals surface area contributed by atoms with Crippen LogP contribution in [0.4, 0.5) is 5.69 Å². The molecule has 1 aliphatic carbocycles. The summed E-state index contributed by atoms with van der Waals surface area (Å²) in [5, 5.41) is 3.48. The van der Waals surface area contributed by atoms with Crippen LogP contribution in [0.1, 0.15) is 32.6 Å². The predicted octanol–water partition coefficient (Wildman–Crippen LogP) is 2.49. The fourth-order valence-electron chi connectivity index (χ4n) is 2.55. The molecule has 4 heteroatoms. The topological polar surface area (TPSA) is 43.3 Å². The molecule has 0 aliphatic heterocycles. The zero-order valence-corrected chi connectivity index (χ0v) is 11.9. The molecule has 1 N–H and O–H groups in total. The summed E-state index contributed by atoms with van der Waals surface area (Å²) in [7, 11) is 1.65. The Morgan fingerprint density at radius 3 is 2.89 bits per heavy atom. The summed E-state index contributed by atoms with van der Waals surface area (Å²) in [4.78, 5) is 11.7. The van der Waals surface area contributed by atoms with Crippen molar-refractivity contribution in [1.29, 1.82) is 0 Å². The van der Waals surface area contributed by atoms with Crippen molar-refractivity contribution < 1.29 is 4.74 Å².